The molecular formula is C24H21N3O2. The molecule has 3 aromatic rings. The Balaban J connectivity index is 1.59. The van der Waals surface area contributed by atoms with E-state index in [2.05, 4.69) is 50.3 Å². The van der Waals surface area contributed by atoms with Crippen LogP contribution in [0.15, 0.2) is 88.0 Å². The monoisotopic (exact) mass is 383 g/mol. The van der Waals surface area contributed by atoms with Gasteiger partial charge in [-0.2, -0.15) is 0 Å². The minimum Gasteiger partial charge on any atom is -0.245 e. The maximum Gasteiger partial charge on any atom is 0.352 e. The Hall–Kier alpha value is -3.34. The molecule has 29 heavy (non-hydrogen) atoms. The molecule has 0 saturated carbocycles. The van der Waals surface area contributed by atoms with Crippen molar-refractivity contribution in [2.24, 2.45) is 11.3 Å². The number of hydrogen-bond acceptors (Lipinski definition) is 2. The molecule has 2 bridgehead atoms. The van der Waals surface area contributed by atoms with Crippen LogP contribution in [-0.4, -0.2) is 13.9 Å². The predicted octanol–water partition coefficient (Wildman–Crippen LogP) is 3.58. The van der Waals surface area contributed by atoms with E-state index in [4.69, 9.17) is 0 Å². The van der Waals surface area contributed by atoms with Crippen LogP contribution >= 0.6 is 0 Å². The number of allylic oxidation sites excluding steroid dienone is 4. The van der Waals surface area contributed by atoms with Crippen LogP contribution in [0.25, 0.3) is 11.3 Å². The molecule has 2 aliphatic carbocycles. The summed E-state index contributed by atoms with van der Waals surface area (Å²) in [5, 5.41) is 0. The van der Waals surface area contributed by atoms with Gasteiger partial charge in [0, 0.05) is 11.3 Å². The van der Waals surface area contributed by atoms with Crippen LogP contribution in [0.5, 0.6) is 0 Å². The molecule has 1 aromatic heterocycles. The van der Waals surface area contributed by atoms with E-state index in [1.807, 2.05) is 24.3 Å². The van der Waals surface area contributed by atoms with Gasteiger partial charge in [0.1, 0.15) is 0 Å². The summed E-state index contributed by atoms with van der Waals surface area (Å²) in [5.74, 6) is 0.184. The molecule has 0 N–H and O–H groups in total. The Labute approximate surface area is 167 Å². The molecule has 0 amide bonds. The van der Waals surface area contributed by atoms with Gasteiger partial charge in [0.05, 0.1) is 17.8 Å². The average molecular weight is 383 g/mol. The molecule has 0 fully saturated rings. The number of rotatable bonds is 2. The van der Waals surface area contributed by atoms with Crippen LogP contribution in [0.2, 0.25) is 0 Å². The van der Waals surface area contributed by atoms with E-state index in [9.17, 15) is 9.59 Å². The Morgan fingerprint density at radius 3 is 2.14 bits per heavy atom. The summed E-state index contributed by atoms with van der Waals surface area (Å²) in [6.45, 7) is 4.41. The van der Waals surface area contributed by atoms with Crippen molar-refractivity contribution < 1.29 is 0 Å². The summed E-state index contributed by atoms with van der Waals surface area (Å²) in [6.07, 6.45) is 4.23. The third-order valence-corrected chi connectivity index (χ3v) is 7.27. The van der Waals surface area contributed by atoms with Gasteiger partial charge >= 0.3 is 11.4 Å². The molecule has 5 heteroatoms. The topological polar surface area (TPSA) is 48.9 Å². The minimum absolute atomic E-state index is 0.157. The normalized spacial score (nSPS) is 28.8. The van der Waals surface area contributed by atoms with Crippen LogP contribution in [0.1, 0.15) is 31.5 Å². The summed E-state index contributed by atoms with van der Waals surface area (Å²) in [6, 6.07) is 19.3. The molecule has 3 heterocycles. The van der Waals surface area contributed by atoms with Gasteiger partial charge in [-0.1, -0.05) is 73.2 Å². The van der Waals surface area contributed by atoms with E-state index in [1.165, 1.54) is 21.3 Å². The number of hydrogen-bond donors (Lipinski definition) is 0. The summed E-state index contributed by atoms with van der Waals surface area (Å²) in [4.78, 5) is 26.7. The van der Waals surface area contributed by atoms with Gasteiger partial charge in [0.25, 0.3) is 0 Å². The number of aromatic nitrogens is 3. The zero-order valence-electron chi connectivity index (χ0n) is 16.3. The zero-order chi connectivity index (χ0) is 19.9. The Morgan fingerprint density at radius 2 is 1.45 bits per heavy atom. The van der Waals surface area contributed by atoms with Crippen LogP contribution in [0.3, 0.4) is 0 Å². The van der Waals surface area contributed by atoms with Gasteiger partial charge in [-0.25, -0.2) is 23.5 Å². The second-order valence-corrected chi connectivity index (χ2v) is 8.41. The highest BCUT2D eigenvalue weighted by Crippen LogP contribution is 2.68. The first kappa shape index (κ1) is 16.6. The summed E-state index contributed by atoms with van der Waals surface area (Å²) in [7, 11) is 0. The first-order chi connectivity index (χ1) is 14.0. The second kappa shape index (κ2) is 5.38. The fraction of sp³-hybridized carbons (Fsp3) is 0.250. The fourth-order valence-corrected chi connectivity index (χ4v) is 5.81. The van der Waals surface area contributed by atoms with Crippen molar-refractivity contribution in [1.29, 1.82) is 0 Å². The second-order valence-electron chi connectivity index (χ2n) is 8.41. The van der Waals surface area contributed by atoms with Gasteiger partial charge in [0.2, 0.25) is 0 Å². The van der Waals surface area contributed by atoms with Gasteiger partial charge in [-0.15, -0.1) is 0 Å². The van der Waals surface area contributed by atoms with Crippen molar-refractivity contribution in [3.63, 3.8) is 0 Å². The molecule has 4 unspecified atom stereocenters. The number of benzene rings is 2. The lowest BCUT2D eigenvalue weighted by atomic mass is 9.48. The lowest BCUT2D eigenvalue weighted by Crippen LogP contribution is -2.59. The van der Waals surface area contributed by atoms with Gasteiger partial charge in [-0.3, -0.25) is 0 Å². The highest BCUT2D eigenvalue weighted by atomic mass is 16.2. The standard InChI is InChI=1S/C24H21N3O2/c1-15-20(16-9-5-3-6-10-16)21-18-13-14-19(24(15,21)2)27-23(29)25(22(28)26(18)27)17-11-7-4-8-12-17/h3-14,18-19,21H,1-2H3. The van der Waals surface area contributed by atoms with Crippen molar-refractivity contribution >= 4 is 5.57 Å². The molecule has 7 rings (SSSR count). The lowest BCUT2D eigenvalue weighted by Gasteiger charge is -2.61. The summed E-state index contributed by atoms with van der Waals surface area (Å²) >= 11 is 0. The van der Waals surface area contributed by atoms with Gasteiger partial charge in [-0.05, 0) is 30.2 Å². The third-order valence-electron chi connectivity index (χ3n) is 7.27. The SMILES string of the molecule is CC1=C(c2ccccc2)C2C3C=CC(n4c(=O)n(-c5ccccc5)c(=O)n43)C12C. The highest BCUT2D eigenvalue weighted by Gasteiger charge is 2.62. The molecule has 0 radical (unpaired) electrons. The largest absolute Gasteiger partial charge is 0.352 e. The van der Waals surface area contributed by atoms with Crippen molar-refractivity contribution in [2.45, 2.75) is 25.9 Å². The summed E-state index contributed by atoms with van der Waals surface area (Å²) < 4.78 is 4.67. The first-order valence-corrected chi connectivity index (χ1v) is 10.0. The number of para-hydroxylation sites is 1. The maximum atomic E-state index is 13.4. The molecule has 0 spiro atoms. The fourth-order valence-electron chi connectivity index (χ4n) is 5.81. The first-order valence-electron chi connectivity index (χ1n) is 10.0. The van der Waals surface area contributed by atoms with E-state index >= 15 is 0 Å². The van der Waals surface area contributed by atoms with Crippen molar-refractivity contribution in [1.82, 2.24) is 13.9 Å². The molecule has 2 aromatic carbocycles. The van der Waals surface area contributed by atoms with Crippen LogP contribution in [0, 0.1) is 11.3 Å². The summed E-state index contributed by atoms with van der Waals surface area (Å²) in [5.41, 5.74) is 3.75. The Bertz CT molecular complexity index is 1320. The highest BCUT2D eigenvalue weighted by molar-refractivity contribution is 5.80. The van der Waals surface area contributed by atoms with E-state index in [-0.39, 0.29) is 34.8 Å². The molecular weight excluding hydrogens is 362 g/mol. The maximum absolute atomic E-state index is 13.4. The quantitative estimate of drug-likeness (QED) is 0.635. The lowest BCUT2D eigenvalue weighted by molar-refractivity contribution is 0.0516. The van der Waals surface area contributed by atoms with Crippen molar-refractivity contribution in [3.8, 4) is 5.69 Å². The van der Waals surface area contributed by atoms with E-state index in [0.29, 0.717) is 5.69 Å². The Morgan fingerprint density at radius 1 is 0.828 bits per heavy atom. The van der Waals surface area contributed by atoms with Crippen molar-refractivity contribution in [3.05, 3.63) is 105 Å². The molecule has 2 aliphatic heterocycles. The third kappa shape index (κ3) is 1.81. The van der Waals surface area contributed by atoms with Crippen LogP contribution in [0.4, 0.5) is 0 Å². The molecule has 4 atom stereocenters. The van der Waals surface area contributed by atoms with Gasteiger partial charge < -0.3 is 0 Å². The number of nitrogens with zero attached hydrogens (tertiary/aromatic N) is 3. The zero-order valence-corrected chi connectivity index (χ0v) is 16.3. The predicted molar refractivity (Wildman–Crippen MR) is 112 cm³/mol. The molecule has 4 aliphatic rings. The smallest absolute Gasteiger partial charge is 0.245 e. The van der Waals surface area contributed by atoms with E-state index in [0.717, 1.165) is 0 Å². The van der Waals surface area contributed by atoms with Crippen LogP contribution in [-0.2, 0) is 0 Å². The van der Waals surface area contributed by atoms with Crippen molar-refractivity contribution in [2.75, 3.05) is 0 Å². The van der Waals surface area contributed by atoms with Gasteiger partial charge in [0.15, 0.2) is 0 Å². The van der Waals surface area contributed by atoms with Crippen LogP contribution < -0.4 is 11.4 Å². The molecule has 0 saturated heterocycles. The van der Waals surface area contributed by atoms with E-state index in [1.54, 1.807) is 21.5 Å². The van der Waals surface area contributed by atoms with E-state index < -0.39 is 0 Å². The molecule has 5 nitrogen and oxygen atoms in total. The Kier molecular flexibility index (Phi) is 3.08. The average Bonchev–Trinajstić information content (AvgIpc) is 3.03. The minimum atomic E-state index is -0.264. The molecule has 144 valence electrons.